The molecule has 0 fully saturated rings. The van der Waals surface area contributed by atoms with Crippen LogP contribution in [0.2, 0.25) is 0 Å². The van der Waals surface area contributed by atoms with E-state index >= 15 is 0 Å². The summed E-state index contributed by atoms with van der Waals surface area (Å²) >= 11 is 0. The van der Waals surface area contributed by atoms with Crippen molar-refractivity contribution in [2.45, 2.75) is 47.5 Å². The van der Waals surface area contributed by atoms with Crippen LogP contribution < -0.4 is 4.74 Å². The van der Waals surface area contributed by atoms with Crippen molar-refractivity contribution >= 4 is 0 Å². The zero-order valence-corrected chi connectivity index (χ0v) is 13.5. The van der Waals surface area contributed by atoms with Crippen LogP contribution in [0.5, 0.6) is 11.5 Å². The molecule has 0 spiro atoms. The van der Waals surface area contributed by atoms with Crippen LogP contribution in [0.25, 0.3) is 0 Å². The van der Waals surface area contributed by atoms with Gasteiger partial charge in [0.15, 0.2) is 0 Å². The summed E-state index contributed by atoms with van der Waals surface area (Å²) < 4.78 is 5.71. The van der Waals surface area contributed by atoms with E-state index in [-0.39, 0.29) is 0 Å². The molecule has 0 unspecified atom stereocenters. The Morgan fingerprint density at radius 1 is 0.700 bits per heavy atom. The van der Waals surface area contributed by atoms with Crippen LogP contribution >= 0.6 is 0 Å². The summed E-state index contributed by atoms with van der Waals surface area (Å²) in [4.78, 5) is 0. The van der Waals surface area contributed by atoms with E-state index in [0.29, 0.717) is 0 Å². The monoisotopic (exact) mass is 272 g/mol. The van der Waals surface area contributed by atoms with Crippen molar-refractivity contribution in [3.63, 3.8) is 0 Å². The first kappa shape index (κ1) is 18.2. The van der Waals surface area contributed by atoms with Gasteiger partial charge in [-0.15, -0.1) is 0 Å². The average molecular weight is 272 g/mol. The zero-order chi connectivity index (χ0) is 15.2. The third-order valence-electron chi connectivity index (χ3n) is 2.44. The molecule has 0 heterocycles. The highest BCUT2D eigenvalue weighted by molar-refractivity contribution is 5.32. The lowest BCUT2D eigenvalue weighted by molar-refractivity contribution is 0.482. The summed E-state index contributed by atoms with van der Waals surface area (Å²) in [5.74, 6) is 1.77. The number of hydrogen-bond acceptors (Lipinski definition) is 1. The summed E-state index contributed by atoms with van der Waals surface area (Å²) in [5, 5.41) is 0. The van der Waals surface area contributed by atoms with Gasteiger partial charge in [-0.1, -0.05) is 71.4 Å². The van der Waals surface area contributed by atoms with Crippen molar-refractivity contribution in [3.05, 3.63) is 60.2 Å². The highest BCUT2D eigenvalue weighted by atomic mass is 16.5. The molecule has 0 bridgehead atoms. The smallest absolute Gasteiger partial charge is 0.127 e. The third kappa shape index (κ3) is 6.98. The van der Waals surface area contributed by atoms with Crippen LogP contribution in [0.15, 0.2) is 54.6 Å². The van der Waals surface area contributed by atoms with Crippen LogP contribution in [0.4, 0.5) is 0 Å². The van der Waals surface area contributed by atoms with Gasteiger partial charge in [-0.3, -0.25) is 0 Å². The summed E-state index contributed by atoms with van der Waals surface area (Å²) in [7, 11) is 0. The molecule has 0 aliphatic carbocycles. The van der Waals surface area contributed by atoms with Crippen LogP contribution in [-0.4, -0.2) is 0 Å². The van der Waals surface area contributed by atoms with E-state index in [2.05, 4.69) is 19.1 Å². The molecule has 0 amide bonds. The molecular weight excluding hydrogens is 244 g/mol. The molecule has 0 aliphatic rings. The Morgan fingerprint density at radius 2 is 1.20 bits per heavy atom. The Morgan fingerprint density at radius 3 is 1.70 bits per heavy atom. The van der Waals surface area contributed by atoms with Crippen molar-refractivity contribution in [2.75, 3.05) is 0 Å². The fourth-order valence-corrected chi connectivity index (χ4v) is 1.64. The summed E-state index contributed by atoms with van der Waals surface area (Å²) in [5.41, 5.74) is 1.36. The number of benzene rings is 2. The van der Waals surface area contributed by atoms with Gasteiger partial charge in [0.25, 0.3) is 0 Å². The molecule has 20 heavy (non-hydrogen) atoms. The minimum atomic E-state index is 0.880. The molecule has 0 saturated heterocycles. The SMILES string of the molecule is CC.CC.CCCc1ccc(Oc2ccccc2)cc1. The van der Waals surface area contributed by atoms with Crippen LogP contribution in [0.3, 0.4) is 0 Å². The molecule has 2 rings (SSSR count). The normalized spacial score (nSPS) is 8.65. The predicted molar refractivity (Wildman–Crippen MR) is 89.6 cm³/mol. The van der Waals surface area contributed by atoms with E-state index in [1.54, 1.807) is 0 Å². The minimum Gasteiger partial charge on any atom is -0.457 e. The van der Waals surface area contributed by atoms with Crippen LogP contribution in [0, 0.1) is 0 Å². The largest absolute Gasteiger partial charge is 0.457 e. The maximum absolute atomic E-state index is 5.71. The summed E-state index contributed by atoms with van der Waals surface area (Å²) in [6, 6.07) is 18.2. The van der Waals surface area contributed by atoms with E-state index in [1.165, 1.54) is 12.0 Å². The van der Waals surface area contributed by atoms with E-state index in [1.807, 2.05) is 70.2 Å². The number of para-hydroxylation sites is 1. The lowest BCUT2D eigenvalue weighted by Crippen LogP contribution is -1.85. The second kappa shape index (κ2) is 12.3. The van der Waals surface area contributed by atoms with Crippen molar-refractivity contribution in [1.82, 2.24) is 0 Å². The van der Waals surface area contributed by atoms with E-state index in [0.717, 1.165) is 17.9 Å². The van der Waals surface area contributed by atoms with Gasteiger partial charge in [0.2, 0.25) is 0 Å². The standard InChI is InChI=1S/C15H16O.2C2H6/c1-2-6-13-9-11-15(12-10-13)16-14-7-4-3-5-8-14;2*1-2/h3-5,7-12H,2,6H2,1H3;2*1-2H3. The Hall–Kier alpha value is -1.76. The lowest BCUT2D eigenvalue weighted by atomic mass is 10.1. The van der Waals surface area contributed by atoms with Gasteiger partial charge in [0.1, 0.15) is 11.5 Å². The Kier molecular flexibility index (Phi) is 11.2. The molecule has 2 aromatic rings. The Balaban J connectivity index is 0.000000829. The minimum absolute atomic E-state index is 0.880. The molecular formula is C19H28O. The van der Waals surface area contributed by atoms with Crippen LogP contribution in [0.1, 0.15) is 46.6 Å². The molecule has 0 radical (unpaired) electrons. The average Bonchev–Trinajstić information content (AvgIpc) is 2.54. The number of aryl methyl sites for hydroxylation is 1. The number of hydrogen-bond donors (Lipinski definition) is 0. The summed E-state index contributed by atoms with van der Waals surface area (Å²) in [6.45, 7) is 10.2. The number of rotatable bonds is 4. The molecule has 0 saturated carbocycles. The highest BCUT2D eigenvalue weighted by Crippen LogP contribution is 2.21. The fourth-order valence-electron chi connectivity index (χ4n) is 1.64. The molecule has 1 nitrogen and oxygen atoms in total. The third-order valence-corrected chi connectivity index (χ3v) is 2.44. The molecule has 110 valence electrons. The maximum atomic E-state index is 5.71. The lowest BCUT2D eigenvalue weighted by Gasteiger charge is -2.06. The van der Waals surface area contributed by atoms with Gasteiger partial charge >= 0.3 is 0 Å². The van der Waals surface area contributed by atoms with Gasteiger partial charge in [0, 0.05) is 0 Å². The van der Waals surface area contributed by atoms with Gasteiger partial charge in [-0.2, -0.15) is 0 Å². The second-order valence-corrected chi connectivity index (χ2v) is 3.81. The Bertz CT molecular complexity index is 417. The highest BCUT2D eigenvalue weighted by Gasteiger charge is 1.96. The zero-order valence-electron chi connectivity index (χ0n) is 13.5. The van der Waals surface area contributed by atoms with Gasteiger partial charge in [-0.25, -0.2) is 0 Å². The molecule has 0 aromatic heterocycles. The maximum Gasteiger partial charge on any atom is 0.127 e. The molecule has 2 aromatic carbocycles. The van der Waals surface area contributed by atoms with Gasteiger partial charge in [0.05, 0.1) is 0 Å². The fraction of sp³-hybridized carbons (Fsp3) is 0.368. The predicted octanol–water partition coefficient (Wildman–Crippen LogP) is 6.48. The van der Waals surface area contributed by atoms with E-state index in [9.17, 15) is 0 Å². The van der Waals surface area contributed by atoms with Crippen molar-refractivity contribution in [3.8, 4) is 11.5 Å². The quantitative estimate of drug-likeness (QED) is 0.618. The first-order chi connectivity index (χ1) is 9.88. The van der Waals surface area contributed by atoms with E-state index in [4.69, 9.17) is 4.74 Å². The van der Waals surface area contributed by atoms with Crippen molar-refractivity contribution in [1.29, 1.82) is 0 Å². The molecule has 0 aliphatic heterocycles. The van der Waals surface area contributed by atoms with Gasteiger partial charge < -0.3 is 4.74 Å². The number of ether oxygens (including phenoxy) is 1. The molecule has 0 N–H and O–H groups in total. The van der Waals surface area contributed by atoms with Crippen molar-refractivity contribution < 1.29 is 4.74 Å². The Labute approximate surface area is 124 Å². The first-order valence-corrected chi connectivity index (χ1v) is 7.70. The second-order valence-electron chi connectivity index (χ2n) is 3.81. The first-order valence-electron chi connectivity index (χ1n) is 7.70. The van der Waals surface area contributed by atoms with Gasteiger partial charge in [-0.05, 0) is 36.2 Å². The molecule has 0 atom stereocenters. The topological polar surface area (TPSA) is 9.23 Å². The molecule has 1 heteroatoms. The van der Waals surface area contributed by atoms with Crippen LogP contribution in [-0.2, 0) is 6.42 Å². The van der Waals surface area contributed by atoms with E-state index < -0.39 is 0 Å². The summed E-state index contributed by atoms with van der Waals surface area (Å²) in [6.07, 6.45) is 2.31. The van der Waals surface area contributed by atoms with Crippen molar-refractivity contribution in [2.24, 2.45) is 0 Å².